The summed E-state index contributed by atoms with van der Waals surface area (Å²) in [5.41, 5.74) is 1.94. The molecule has 0 unspecified atom stereocenters. The minimum Gasteiger partial charge on any atom is -0.383 e. The number of halogens is 2. The molecule has 0 aliphatic rings. The van der Waals surface area contributed by atoms with Gasteiger partial charge in [-0.3, -0.25) is 0 Å². The van der Waals surface area contributed by atoms with E-state index in [2.05, 4.69) is 10.6 Å². The van der Waals surface area contributed by atoms with Crippen LogP contribution in [0, 0.1) is 5.82 Å². The number of benzene rings is 2. The van der Waals surface area contributed by atoms with Crippen LogP contribution in [0.25, 0.3) is 0 Å². The average molecular weight is 265 g/mol. The first-order valence-electron chi connectivity index (χ1n) is 5.73. The molecule has 2 aromatic rings. The van der Waals surface area contributed by atoms with Crippen molar-refractivity contribution in [2.45, 2.75) is 0 Å². The van der Waals surface area contributed by atoms with E-state index in [0.29, 0.717) is 0 Å². The molecule has 0 aliphatic carbocycles. The van der Waals surface area contributed by atoms with E-state index in [1.54, 1.807) is 12.1 Å². The summed E-state index contributed by atoms with van der Waals surface area (Å²) < 4.78 is 12.7. The SMILES string of the molecule is Fc1ccc(NCCNc2ccc(Cl)cc2)cc1. The molecule has 2 aromatic carbocycles. The van der Waals surface area contributed by atoms with Gasteiger partial charge in [0.05, 0.1) is 0 Å². The van der Waals surface area contributed by atoms with Crippen LogP contribution in [0.2, 0.25) is 5.02 Å². The summed E-state index contributed by atoms with van der Waals surface area (Å²) in [7, 11) is 0. The molecule has 0 aliphatic heterocycles. The largest absolute Gasteiger partial charge is 0.383 e. The van der Waals surface area contributed by atoms with E-state index in [9.17, 15) is 4.39 Å². The Labute approximate surface area is 111 Å². The third kappa shape index (κ3) is 3.93. The Morgan fingerprint density at radius 2 is 1.22 bits per heavy atom. The van der Waals surface area contributed by atoms with Crippen LogP contribution in [0.1, 0.15) is 0 Å². The molecular formula is C14H14ClFN2. The zero-order valence-electron chi connectivity index (χ0n) is 9.79. The lowest BCUT2D eigenvalue weighted by Gasteiger charge is -2.08. The van der Waals surface area contributed by atoms with Gasteiger partial charge in [-0.15, -0.1) is 0 Å². The third-order valence-electron chi connectivity index (χ3n) is 2.47. The summed E-state index contributed by atoms with van der Waals surface area (Å²) in [4.78, 5) is 0. The van der Waals surface area contributed by atoms with Gasteiger partial charge in [0.1, 0.15) is 5.82 Å². The minimum absolute atomic E-state index is 0.222. The summed E-state index contributed by atoms with van der Waals surface area (Å²) in [6.07, 6.45) is 0. The Bertz CT molecular complexity index is 435. The molecule has 0 saturated heterocycles. The summed E-state index contributed by atoms with van der Waals surface area (Å²) in [6.45, 7) is 1.53. The van der Waals surface area contributed by atoms with E-state index in [4.69, 9.17) is 11.6 Å². The minimum atomic E-state index is -0.222. The maximum absolute atomic E-state index is 12.7. The van der Waals surface area contributed by atoms with E-state index >= 15 is 0 Å². The van der Waals surface area contributed by atoms with Crippen molar-refractivity contribution in [3.05, 3.63) is 59.4 Å². The van der Waals surface area contributed by atoms with E-state index in [1.807, 2.05) is 24.3 Å². The third-order valence-corrected chi connectivity index (χ3v) is 2.72. The van der Waals surface area contributed by atoms with Gasteiger partial charge in [0.2, 0.25) is 0 Å². The maximum atomic E-state index is 12.7. The number of hydrogen-bond acceptors (Lipinski definition) is 2. The Morgan fingerprint density at radius 1 is 0.778 bits per heavy atom. The Balaban J connectivity index is 1.73. The molecule has 0 atom stereocenters. The number of hydrogen-bond donors (Lipinski definition) is 2. The van der Waals surface area contributed by atoms with Crippen LogP contribution in [0.5, 0.6) is 0 Å². The number of rotatable bonds is 5. The molecular weight excluding hydrogens is 251 g/mol. The molecule has 0 radical (unpaired) electrons. The fourth-order valence-electron chi connectivity index (χ4n) is 1.55. The van der Waals surface area contributed by atoms with Gasteiger partial charge < -0.3 is 10.6 Å². The highest BCUT2D eigenvalue weighted by atomic mass is 35.5. The van der Waals surface area contributed by atoms with Gasteiger partial charge in [-0.05, 0) is 48.5 Å². The molecule has 2 N–H and O–H groups in total. The highest BCUT2D eigenvalue weighted by Crippen LogP contribution is 2.13. The van der Waals surface area contributed by atoms with Crippen LogP contribution >= 0.6 is 11.6 Å². The van der Waals surface area contributed by atoms with Crippen LogP contribution in [0.3, 0.4) is 0 Å². The van der Waals surface area contributed by atoms with Crippen LogP contribution in [-0.4, -0.2) is 13.1 Å². The van der Waals surface area contributed by atoms with Crippen LogP contribution < -0.4 is 10.6 Å². The van der Waals surface area contributed by atoms with E-state index < -0.39 is 0 Å². The monoisotopic (exact) mass is 264 g/mol. The average Bonchev–Trinajstić information content (AvgIpc) is 2.39. The Morgan fingerprint density at radius 3 is 1.72 bits per heavy atom. The van der Waals surface area contributed by atoms with E-state index in [1.165, 1.54) is 12.1 Å². The lowest BCUT2D eigenvalue weighted by Crippen LogP contribution is -2.13. The second-order valence-electron chi connectivity index (χ2n) is 3.87. The highest BCUT2D eigenvalue weighted by Gasteiger charge is 1.94. The fourth-order valence-corrected chi connectivity index (χ4v) is 1.68. The zero-order chi connectivity index (χ0) is 12.8. The first-order chi connectivity index (χ1) is 8.74. The first-order valence-corrected chi connectivity index (χ1v) is 6.11. The lowest BCUT2D eigenvalue weighted by molar-refractivity contribution is 0.628. The predicted octanol–water partition coefficient (Wildman–Crippen LogP) is 4.00. The Hall–Kier alpha value is -1.74. The second kappa shape index (κ2) is 6.26. The van der Waals surface area contributed by atoms with Gasteiger partial charge in [0.15, 0.2) is 0 Å². The van der Waals surface area contributed by atoms with E-state index in [-0.39, 0.29) is 5.82 Å². The van der Waals surface area contributed by atoms with Gasteiger partial charge in [0.25, 0.3) is 0 Å². The standard InChI is InChI=1S/C14H14ClFN2/c15-11-1-5-13(6-2-11)17-9-10-18-14-7-3-12(16)4-8-14/h1-8,17-18H,9-10H2. The van der Waals surface area contributed by atoms with Crippen molar-refractivity contribution in [3.8, 4) is 0 Å². The summed E-state index contributed by atoms with van der Waals surface area (Å²) in [5.74, 6) is -0.222. The van der Waals surface area contributed by atoms with Crippen molar-refractivity contribution in [1.29, 1.82) is 0 Å². The molecule has 94 valence electrons. The molecule has 2 rings (SSSR count). The summed E-state index contributed by atoms with van der Waals surface area (Å²) >= 11 is 5.80. The molecule has 0 heterocycles. The van der Waals surface area contributed by atoms with Crippen molar-refractivity contribution in [3.63, 3.8) is 0 Å². The zero-order valence-corrected chi connectivity index (χ0v) is 10.5. The van der Waals surface area contributed by atoms with Gasteiger partial charge >= 0.3 is 0 Å². The normalized spacial score (nSPS) is 10.1. The molecule has 0 aromatic heterocycles. The highest BCUT2D eigenvalue weighted by molar-refractivity contribution is 6.30. The fraction of sp³-hybridized carbons (Fsp3) is 0.143. The summed E-state index contributed by atoms with van der Waals surface area (Å²) in [6, 6.07) is 13.9. The van der Waals surface area contributed by atoms with Crippen molar-refractivity contribution in [1.82, 2.24) is 0 Å². The first kappa shape index (κ1) is 12.7. The molecule has 0 spiro atoms. The van der Waals surface area contributed by atoms with Crippen LogP contribution in [0.4, 0.5) is 15.8 Å². The predicted molar refractivity (Wildman–Crippen MR) is 74.8 cm³/mol. The van der Waals surface area contributed by atoms with Crippen molar-refractivity contribution in [2.24, 2.45) is 0 Å². The van der Waals surface area contributed by atoms with Crippen molar-refractivity contribution >= 4 is 23.0 Å². The molecule has 0 saturated carbocycles. The van der Waals surface area contributed by atoms with Gasteiger partial charge in [-0.25, -0.2) is 4.39 Å². The smallest absolute Gasteiger partial charge is 0.123 e. The Kier molecular flexibility index (Phi) is 4.42. The molecule has 0 fully saturated rings. The maximum Gasteiger partial charge on any atom is 0.123 e. The molecule has 18 heavy (non-hydrogen) atoms. The van der Waals surface area contributed by atoms with Gasteiger partial charge in [0, 0.05) is 29.5 Å². The van der Waals surface area contributed by atoms with Crippen LogP contribution in [0.15, 0.2) is 48.5 Å². The molecule has 0 bridgehead atoms. The van der Waals surface area contributed by atoms with E-state index in [0.717, 1.165) is 29.5 Å². The van der Waals surface area contributed by atoms with Crippen molar-refractivity contribution < 1.29 is 4.39 Å². The second-order valence-corrected chi connectivity index (χ2v) is 4.30. The molecule has 4 heteroatoms. The van der Waals surface area contributed by atoms with Gasteiger partial charge in [-0.1, -0.05) is 11.6 Å². The number of anilines is 2. The van der Waals surface area contributed by atoms with Crippen molar-refractivity contribution in [2.75, 3.05) is 23.7 Å². The molecule has 2 nitrogen and oxygen atoms in total. The van der Waals surface area contributed by atoms with Crippen LogP contribution in [-0.2, 0) is 0 Å². The van der Waals surface area contributed by atoms with Gasteiger partial charge in [-0.2, -0.15) is 0 Å². The topological polar surface area (TPSA) is 24.1 Å². The summed E-state index contributed by atoms with van der Waals surface area (Å²) in [5, 5.41) is 7.18. The number of nitrogens with one attached hydrogen (secondary N) is 2. The molecule has 0 amide bonds. The lowest BCUT2D eigenvalue weighted by atomic mass is 10.3. The quantitative estimate of drug-likeness (QED) is 0.798.